The molecule has 0 saturated heterocycles. The number of ether oxygens (including phenoxy) is 1. The molecule has 4 rings (SSSR count). The number of rotatable bonds is 3. The molecule has 134 valence electrons. The van der Waals surface area contributed by atoms with Crippen molar-refractivity contribution in [3.8, 4) is 17.0 Å². The molecule has 1 aromatic heterocycles. The maximum absolute atomic E-state index is 12.0. The monoisotopic (exact) mass is 357 g/mol. The zero-order valence-electron chi connectivity index (χ0n) is 15.1. The van der Waals surface area contributed by atoms with Gasteiger partial charge < -0.3 is 4.74 Å². The summed E-state index contributed by atoms with van der Waals surface area (Å²) in [5.74, 6) is 0.502. The van der Waals surface area contributed by atoms with Gasteiger partial charge in [0.25, 0.3) is 0 Å². The minimum absolute atomic E-state index is 0.502. The highest BCUT2D eigenvalue weighted by Gasteiger charge is 2.12. The number of aromatic nitrogens is 2. The number of anilines is 1. The molecule has 1 amide bonds. The van der Waals surface area contributed by atoms with Gasteiger partial charge >= 0.3 is 6.09 Å². The predicted octanol–water partition coefficient (Wildman–Crippen LogP) is 5.16. The Morgan fingerprint density at radius 1 is 0.963 bits per heavy atom. The summed E-state index contributed by atoms with van der Waals surface area (Å²) < 4.78 is 7.15. The molecule has 0 aliphatic carbocycles. The van der Waals surface area contributed by atoms with Crippen molar-refractivity contribution in [2.75, 3.05) is 5.32 Å². The van der Waals surface area contributed by atoms with E-state index in [2.05, 4.69) is 29.5 Å². The topological polar surface area (TPSA) is 56.1 Å². The molecule has 0 fully saturated rings. The molecule has 0 bridgehead atoms. The third kappa shape index (κ3) is 3.40. The molecule has 4 aromatic rings. The van der Waals surface area contributed by atoms with Crippen LogP contribution in [0.5, 0.6) is 5.75 Å². The molecule has 0 radical (unpaired) electrons. The van der Waals surface area contributed by atoms with Crippen LogP contribution in [-0.2, 0) is 7.05 Å². The van der Waals surface area contributed by atoms with Crippen LogP contribution in [0.25, 0.3) is 22.2 Å². The van der Waals surface area contributed by atoms with Crippen LogP contribution < -0.4 is 10.1 Å². The summed E-state index contributed by atoms with van der Waals surface area (Å²) in [6.07, 6.45) is -0.520. The number of hydrogen-bond acceptors (Lipinski definition) is 3. The van der Waals surface area contributed by atoms with E-state index in [4.69, 9.17) is 4.74 Å². The van der Waals surface area contributed by atoms with Crippen LogP contribution >= 0.6 is 0 Å². The Morgan fingerprint density at radius 2 is 1.70 bits per heavy atom. The van der Waals surface area contributed by atoms with Gasteiger partial charge in [-0.05, 0) is 36.8 Å². The average molecular weight is 357 g/mol. The minimum Gasteiger partial charge on any atom is -0.410 e. The molecule has 0 unspecified atom stereocenters. The number of hydrogen-bond donors (Lipinski definition) is 1. The summed E-state index contributed by atoms with van der Waals surface area (Å²) in [5.41, 5.74) is 4.90. The highest BCUT2D eigenvalue weighted by Crippen LogP contribution is 2.30. The lowest BCUT2D eigenvalue weighted by Gasteiger charge is -2.07. The fourth-order valence-corrected chi connectivity index (χ4v) is 3.20. The van der Waals surface area contributed by atoms with E-state index in [0.29, 0.717) is 11.4 Å². The quantitative estimate of drug-likeness (QED) is 0.551. The molecule has 5 heteroatoms. The van der Waals surface area contributed by atoms with Gasteiger partial charge in [-0.25, -0.2) is 4.79 Å². The highest BCUT2D eigenvalue weighted by atomic mass is 16.6. The molecule has 0 spiro atoms. The maximum Gasteiger partial charge on any atom is 0.417 e. The van der Waals surface area contributed by atoms with Gasteiger partial charge in [0.05, 0.1) is 5.52 Å². The van der Waals surface area contributed by atoms with E-state index in [1.807, 2.05) is 60.3 Å². The summed E-state index contributed by atoms with van der Waals surface area (Å²) in [5, 5.41) is 8.52. The average Bonchev–Trinajstić information content (AvgIpc) is 3.01. The predicted molar refractivity (Wildman–Crippen MR) is 107 cm³/mol. The largest absolute Gasteiger partial charge is 0.417 e. The summed E-state index contributed by atoms with van der Waals surface area (Å²) in [4.78, 5) is 12.0. The Bertz CT molecular complexity index is 1100. The molecule has 0 atom stereocenters. The van der Waals surface area contributed by atoms with Crippen molar-refractivity contribution in [2.24, 2.45) is 7.05 Å². The van der Waals surface area contributed by atoms with E-state index in [9.17, 15) is 4.79 Å². The maximum atomic E-state index is 12.0. The number of fused-ring (bicyclic) bond motifs is 1. The summed E-state index contributed by atoms with van der Waals surface area (Å²) in [7, 11) is 1.95. The van der Waals surface area contributed by atoms with Crippen molar-refractivity contribution in [2.45, 2.75) is 6.92 Å². The smallest absolute Gasteiger partial charge is 0.410 e. The lowest BCUT2D eigenvalue weighted by Crippen LogP contribution is -2.16. The molecular formula is C22H19N3O2. The number of nitrogens with zero attached hydrogens (tertiary/aromatic N) is 2. The van der Waals surface area contributed by atoms with Crippen molar-refractivity contribution < 1.29 is 9.53 Å². The fraction of sp³-hybridized carbons (Fsp3) is 0.0909. The number of carbonyl (C=O) groups is 1. The van der Waals surface area contributed by atoms with E-state index in [-0.39, 0.29) is 0 Å². The fourth-order valence-electron chi connectivity index (χ4n) is 3.20. The van der Waals surface area contributed by atoms with Crippen LogP contribution in [0.1, 0.15) is 5.56 Å². The third-order valence-electron chi connectivity index (χ3n) is 4.42. The normalized spacial score (nSPS) is 10.7. The lowest BCUT2D eigenvalue weighted by molar-refractivity contribution is 0.215. The Labute approximate surface area is 157 Å². The lowest BCUT2D eigenvalue weighted by atomic mass is 10.1. The molecule has 5 nitrogen and oxygen atoms in total. The summed E-state index contributed by atoms with van der Waals surface area (Å²) in [6, 6.07) is 22.7. The Kier molecular flexibility index (Phi) is 4.34. The molecule has 1 heterocycles. The van der Waals surface area contributed by atoms with Crippen molar-refractivity contribution in [3.63, 3.8) is 0 Å². The van der Waals surface area contributed by atoms with E-state index in [1.165, 1.54) is 5.56 Å². The van der Waals surface area contributed by atoms with Crippen LogP contribution in [0.15, 0.2) is 72.8 Å². The first-order valence-electron chi connectivity index (χ1n) is 8.68. The minimum atomic E-state index is -0.520. The molecule has 0 saturated carbocycles. The summed E-state index contributed by atoms with van der Waals surface area (Å²) >= 11 is 0. The van der Waals surface area contributed by atoms with Gasteiger partial charge in [-0.15, -0.1) is 0 Å². The SMILES string of the molecule is Cc1cccc2c(-c3ccc(NC(=O)Oc4ccccc4)cc3)nn(C)c12. The van der Waals surface area contributed by atoms with Crippen molar-refractivity contribution in [3.05, 3.63) is 78.4 Å². The molecule has 0 aliphatic heterocycles. The number of para-hydroxylation sites is 2. The number of benzene rings is 3. The van der Waals surface area contributed by atoms with E-state index in [1.54, 1.807) is 12.1 Å². The van der Waals surface area contributed by atoms with Crippen molar-refractivity contribution in [1.82, 2.24) is 9.78 Å². The van der Waals surface area contributed by atoms with Crippen LogP contribution in [-0.4, -0.2) is 15.9 Å². The van der Waals surface area contributed by atoms with Crippen LogP contribution in [0.2, 0.25) is 0 Å². The van der Waals surface area contributed by atoms with E-state index < -0.39 is 6.09 Å². The van der Waals surface area contributed by atoms with Gasteiger partial charge in [-0.3, -0.25) is 10.00 Å². The molecule has 3 aromatic carbocycles. The number of aryl methyl sites for hydroxylation is 2. The van der Waals surface area contributed by atoms with Crippen LogP contribution in [0.3, 0.4) is 0 Å². The first kappa shape index (κ1) is 16.8. The zero-order valence-corrected chi connectivity index (χ0v) is 15.1. The standard InChI is InChI=1S/C22H19N3O2/c1-15-7-6-10-19-20(24-25(2)21(15)19)16-11-13-17(14-12-16)23-22(26)27-18-8-4-3-5-9-18/h3-14H,1-2H3,(H,23,26). The number of carbonyl (C=O) groups excluding carboxylic acids is 1. The first-order chi connectivity index (χ1) is 13.1. The number of amides is 1. The van der Waals surface area contributed by atoms with E-state index in [0.717, 1.165) is 22.2 Å². The molecule has 1 N–H and O–H groups in total. The molecular weight excluding hydrogens is 338 g/mol. The molecule has 0 aliphatic rings. The molecule has 27 heavy (non-hydrogen) atoms. The summed E-state index contributed by atoms with van der Waals surface area (Å²) in [6.45, 7) is 2.08. The van der Waals surface area contributed by atoms with Gasteiger partial charge in [-0.2, -0.15) is 5.10 Å². The van der Waals surface area contributed by atoms with Crippen LogP contribution in [0.4, 0.5) is 10.5 Å². The van der Waals surface area contributed by atoms with Gasteiger partial charge in [0.15, 0.2) is 0 Å². The Hall–Kier alpha value is -3.60. The second-order valence-corrected chi connectivity index (χ2v) is 6.35. The Morgan fingerprint density at radius 3 is 2.44 bits per heavy atom. The zero-order chi connectivity index (χ0) is 18.8. The first-order valence-corrected chi connectivity index (χ1v) is 8.68. The highest BCUT2D eigenvalue weighted by molar-refractivity contribution is 5.95. The van der Waals surface area contributed by atoms with Gasteiger partial charge in [0.2, 0.25) is 0 Å². The second-order valence-electron chi connectivity index (χ2n) is 6.35. The van der Waals surface area contributed by atoms with E-state index >= 15 is 0 Å². The number of nitrogens with one attached hydrogen (secondary N) is 1. The van der Waals surface area contributed by atoms with Crippen molar-refractivity contribution >= 4 is 22.7 Å². The second kappa shape index (κ2) is 6.96. The van der Waals surface area contributed by atoms with Gasteiger partial charge in [-0.1, -0.05) is 48.5 Å². The third-order valence-corrected chi connectivity index (χ3v) is 4.42. The van der Waals surface area contributed by atoms with Gasteiger partial charge in [0.1, 0.15) is 11.4 Å². The van der Waals surface area contributed by atoms with Crippen LogP contribution in [0, 0.1) is 6.92 Å². The Balaban J connectivity index is 1.55. The van der Waals surface area contributed by atoms with Gasteiger partial charge in [0, 0.05) is 23.7 Å². The van der Waals surface area contributed by atoms with Crippen molar-refractivity contribution in [1.29, 1.82) is 0 Å².